The van der Waals surface area contributed by atoms with Gasteiger partial charge in [-0.15, -0.1) is 0 Å². The van der Waals surface area contributed by atoms with Crippen LogP contribution in [-0.4, -0.2) is 29.0 Å². The Morgan fingerprint density at radius 2 is 1.85 bits per heavy atom. The molecule has 0 fully saturated rings. The van der Waals surface area contributed by atoms with Gasteiger partial charge in [0.2, 0.25) is 0 Å². The predicted molar refractivity (Wildman–Crippen MR) is 102 cm³/mol. The van der Waals surface area contributed by atoms with Crippen LogP contribution in [0.5, 0.6) is 5.75 Å². The van der Waals surface area contributed by atoms with E-state index < -0.39 is 5.97 Å². The number of ether oxygens (including phenoxy) is 1. The Labute approximate surface area is 152 Å². The van der Waals surface area contributed by atoms with Crippen LogP contribution in [0.1, 0.15) is 27.2 Å². The molecule has 0 unspecified atom stereocenters. The first-order chi connectivity index (χ1) is 12.5. The maximum absolute atomic E-state index is 11.0. The predicted octanol–water partition coefficient (Wildman–Crippen LogP) is 4.55. The van der Waals surface area contributed by atoms with Crippen LogP contribution in [-0.2, 0) is 0 Å². The normalized spacial score (nSPS) is 11.0. The molecule has 1 heterocycles. The van der Waals surface area contributed by atoms with Crippen molar-refractivity contribution in [1.29, 1.82) is 0 Å². The van der Waals surface area contributed by atoms with Gasteiger partial charge in [-0.25, -0.2) is 4.79 Å². The van der Waals surface area contributed by atoms with Gasteiger partial charge in [0.15, 0.2) is 0 Å². The molecule has 0 atom stereocenters. The van der Waals surface area contributed by atoms with Crippen molar-refractivity contribution in [3.8, 4) is 11.4 Å². The van der Waals surface area contributed by atoms with E-state index in [1.54, 1.807) is 31.5 Å². The van der Waals surface area contributed by atoms with E-state index in [1.165, 1.54) is 0 Å². The van der Waals surface area contributed by atoms with Crippen molar-refractivity contribution in [1.82, 2.24) is 4.57 Å². The second kappa shape index (κ2) is 7.27. The third kappa shape index (κ3) is 3.67. The Morgan fingerprint density at radius 1 is 1.12 bits per heavy atom. The molecule has 0 saturated carbocycles. The van der Waals surface area contributed by atoms with E-state index in [9.17, 15) is 4.79 Å². The largest absolute Gasteiger partial charge is 0.497 e. The molecule has 0 spiro atoms. The van der Waals surface area contributed by atoms with E-state index in [2.05, 4.69) is 15.6 Å². The van der Waals surface area contributed by atoms with E-state index in [4.69, 9.17) is 9.84 Å². The van der Waals surface area contributed by atoms with Crippen molar-refractivity contribution >= 4 is 17.9 Å². The number of aromatic carboxylic acids is 1. The first-order valence-corrected chi connectivity index (χ1v) is 8.19. The highest BCUT2D eigenvalue weighted by Gasteiger charge is 2.06. The van der Waals surface area contributed by atoms with Gasteiger partial charge in [-0.05, 0) is 67.9 Å². The molecule has 0 amide bonds. The third-order valence-electron chi connectivity index (χ3n) is 4.18. The molecular weight excluding hydrogens is 328 g/mol. The van der Waals surface area contributed by atoms with Gasteiger partial charge < -0.3 is 14.4 Å². The smallest absolute Gasteiger partial charge is 0.335 e. The van der Waals surface area contributed by atoms with Crippen molar-refractivity contribution in [2.24, 2.45) is 4.99 Å². The Bertz CT molecular complexity index is 969. The van der Waals surface area contributed by atoms with E-state index in [1.807, 2.05) is 44.3 Å². The summed E-state index contributed by atoms with van der Waals surface area (Å²) < 4.78 is 7.28. The highest BCUT2D eigenvalue weighted by Crippen LogP contribution is 2.21. The van der Waals surface area contributed by atoms with Gasteiger partial charge in [-0.1, -0.05) is 0 Å². The van der Waals surface area contributed by atoms with Crippen molar-refractivity contribution in [3.63, 3.8) is 0 Å². The van der Waals surface area contributed by atoms with E-state index >= 15 is 0 Å². The summed E-state index contributed by atoms with van der Waals surface area (Å²) in [4.78, 5) is 15.5. The van der Waals surface area contributed by atoms with Crippen LogP contribution < -0.4 is 4.74 Å². The molecule has 0 aliphatic rings. The Hall–Kier alpha value is -3.34. The average Bonchev–Trinajstić information content (AvgIpc) is 3.01. The van der Waals surface area contributed by atoms with Gasteiger partial charge in [-0.3, -0.25) is 4.99 Å². The van der Waals surface area contributed by atoms with Gasteiger partial charge in [0, 0.05) is 29.4 Å². The molecule has 0 saturated heterocycles. The molecule has 3 aromatic rings. The van der Waals surface area contributed by atoms with Crippen molar-refractivity contribution in [2.75, 3.05) is 7.11 Å². The standard InChI is InChI=1S/C21H20N2O3/c1-14-10-17(21(24)25)4-9-20(14)22-12-16-11-15(2)23(13-16)18-5-7-19(26-3)8-6-18/h4-13H,1-3H3,(H,24,25). The summed E-state index contributed by atoms with van der Waals surface area (Å²) in [5.41, 5.74) is 4.96. The number of hydrogen-bond acceptors (Lipinski definition) is 3. The van der Waals surface area contributed by atoms with Crippen molar-refractivity contribution < 1.29 is 14.6 Å². The summed E-state index contributed by atoms with van der Waals surface area (Å²) in [6.45, 7) is 3.89. The fourth-order valence-electron chi connectivity index (χ4n) is 2.77. The fraction of sp³-hybridized carbons (Fsp3) is 0.143. The molecule has 0 aliphatic heterocycles. The number of nitrogens with zero attached hydrogens (tertiary/aromatic N) is 2. The number of aliphatic imine (C=N–C) groups is 1. The summed E-state index contributed by atoms with van der Waals surface area (Å²) in [6, 6.07) is 14.8. The number of methoxy groups -OCH3 is 1. The summed E-state index contributed by atoms with van der Waals surface area (Å²) in [5.74, 6) is -0.114. The second-order valence-electron chi connectivity index (χ2n) is 6.05. The quantitative estimate of drug-likeness (QED) is 0.688. The molecule has 3 rings (SSSR count). The second-order valence-corrected chi connectivity index (χ2v) is 6.05. The molecular formula is C21H20N2O3. The topological polar surface area (TPSA) is 63.8 Å². The molecule has 26 heavy (non-hydrogen) atoms. The number of carboxylic acid groups (broad SMARTS) is 1. The fourth-order valence-corrected chi connectivity index (χ4v) is 2.77. The molecule has 5 heteroatoms. The molecule has 2 aromatic carbocycles. The molecule has 132 valence electrons. The van der Waals surface area contributed by atoms with Gasteiger partial charge >= 0.3 is 5.97 Å². The monoisotopic (exact) mass is 348 g/mol. The lowest BCUT2D eigenvalue weighted by atomic mass is 10.1. The van der Waals surface area contributed by atoms with Gasteiger partial charge in [0.1, 0.15) is 5.75 Å². The van der Waals surface area contributed by atoms with Crippen LogP contribution in [0.4, 0.5) is 5.69 Å². The number of hydrogen-bond donors (Lipinski definition) is 1. The van der Waals surface area contributed by atoms with Gasteiger partial charge in [0.05, 0.1) is 18.4 Å². The van der Waals surface area contributed by atoms with Crippen LogP contribution in [0.25, 0.3) is 5.69 Å². The summed E-state index contributed by atoms with van der Waals surface area (Å²) in [6.07, 6.45) is 3.80. The number of aryl methyl sites for hydroxylation is 2. The lowest BCUT2D eigenvalue weighted by molar-refractivity contribution is 0.0697. The molecule has 5 nitrogen and oxygen atoms in total. The molecule has 1 aromatic heterocycles. The van der Waals surface area contributed by atoms with E-state index in [-0.39, 0.29) is 5.56 Å². The number of carboxylic acids is 1. The molecule has 0 radical (unpaired) electrons. The van der Waals surface area contributed by atoms with E-state index in [0.29, 0.717) is 0 Å². The van der Waals surface area contributed by atoms with Crippen LogP contribution in [0, 0.1) is 13.8 Å². The highest BCUT2D eigenvalue weighted by atomic mass is 16.5. The summed E-state index contributed by atoms with van der Waals surface area (Å²) in [5, 5.41) is 9.03. The highest BCUT2D eigenvalue weighted by molar-refractivity contribution is 5.89. The number of carbonyl (C=O) groups is 1. The third-order valence-corrected chi connectivity index (χ3v) is 4.18. The number of aromatic nitrogens is 1. The summed E-state index contributed by atoms with van der Waals surface area (Å²) in [7, 11) is 1.65. The molecule has 1 N–H and O–H groups in total. The lowest BCUT2D eigenvalue weighted by Crippen LogP contribution is -1.96. The SMILES string of the molecule is COc1ccc(-n2cc(C=Nc3ccc(C(=O)O)cc3C)cc2C)cc1. The molecule has 0 bridgehead atoms. The maximum Gasteiger partial charge on any atom is 0.335 e. The van der Waals surface area contributed by atoms with E-state index in [0.717, 1.165) is 33.9 Å². The van der Waals surface area contributed by atoms with Crippen LogP contribution in [0.3, 0.4) is 0 Å². The first kappa shape index (κ1) is 17.5. The minimum Gasteiger partial charge on any atom is -0.497 e. The Morgan fingerprint density at radius 3 is 2.46 bits per heavy atom. The number of rotatable bonds is 5. The average molecular weight is 348 g/mol. The maximum atomic E-state index is 11.0. The summed E-state index contributed by atoms with van der Waals surface area (Å²) >= 11 is 0. The minimum atomic E-state index is -0.934. The Kier molecular flexibility index (Phi) is 4.89. The Balaban J connectivity index is 1.85. The van der Waals surface area contributed by atoms with Crippen LogP contribution >= 0.6 is 0 Å². The van der Waals surface area contributed by atoms with Gasteiger partial charge in [-0.2, -0.15) is 0 Å². The first-order valence-electron chi connectivity index (χ1n) is 8.19. The van der Waals surface area contributed by atoms with Crippen LogP contribution in [0.15, 0.2) is 59.7 Å². The molecule has 0 aliphatic carbocycles. The lowest BCUT2D eigenvalue weighted by Gasteiger charge is -2.06. The number of benzene rings is 2. The zero-order chi connectivity index (χ0) is 18.7. The van der Waals surface area contributed by atoms with Crippen molar-refractivity contribution in [2.45, 2.75) is 13.8 Å². The van der Waals surface area contributed by atoms with Crippen molar-refractivity contribution in [3.05, 3.63) is 77.1 Å². The zero-order valence-electron chi connectivity index (χ0n) is 14.9. The van der Waals surface area contributed by atoms with Crippen LogP contribution in [0.2, 0.25) is 0 Å². The zero-order valence-corrected chi connectivity index (χ0v) is 14.9. The van der Waals surface area contributed by atoms with Gasteiger partial charge in [0.25, 0.3) is 0 Å². The minimum absolute atomic E-state index is 0.267.